The molecule has 0 atom stereocenters. The fourth-order valence-corrected chi connectivity index (χ4v) is 3.69. The maximum Gasteiger partial charge on any atom is 0.325 e. The smallest absolute Gasteiger partial charge is 0.325 e. The van der Waals surface area contributed by atoms with Crippen LogP contribution in [0.4, 0.5) is 0 Å². The molecule has 114 valence electrons. The van der Waals surface area contributed by atoms with E-state index in [2.05, 4.69) is 25.0 Å². The summed E-state index contributed by atoms with van der Waals surface area (Å²) in [5.41, 5.74) is 1.50. The first-order chi connectivity index (χ1) is 10.4. The molecule has 22 heavy (non-hydrogen) atoms. The number of carboxylic acid groups (broad SMARTS) is 1. The lowest BCUT2D eigenvalue weighted by Gasteiger charge is -2.05. The average molecular weight is 316 g/mol. The topological polar surface area (TPSA) is 72.2 Å². The highest BCUT2D eigenvalue weighted by atomic mass is 32.1. The second kappa shape index (κ2) is 5.21. The van der Waals surface area contributed by atoms with Gasteiger partial charge < -0.3 is 5.11 Å². The lowest BCUT2D eigenvalue weighted by molar-refractivity contribution is -0.137. The van der Waals surface area contributed by atoms with E-state index in [1.807, 2.05) is 12.1 Å². The summed E-state index contributed by atoms with van der Waals surface area (Å²) in [5, 5.41) is 14.5. The van der Waals surface area contributed by atoms with Gasteiger partial charge in [0.1, 0.15) is 6.54 Å². The number of thiophene rings is 1. The van der Waals surface area contributed by atoms with Gasteiger partial charge in [0, 0.05) is 10.1 Å². The van der Waals surface area contributed by atoms with Gasteiger partial charge in [-0.25, -0.2) is 4.68 Å². The van der Waals surface area contributed by atoms with Gasteiger partial charge in [-0.3, -0.25) is 9.59 Å². The molecule has 0 saturated heterocycles. The zero-order valence-corrected chi connectivity index (χ0v) is 13.4. The number of carboxylic acids is 1. The summed E-state index contributed by atoms with van der Waals surface area (Å²) in [5.74, 6) is -0.709. The fraction of sp³-hybridized carbons (Fsp3) is 0.312. The van der Waals surface area contributed by atoms with Crippen molar-refractivity contribution in [3.63, 3.8) is 0 Å². The molecule has 6 heteroatoms. The number of aromatic nitrogens is 2. The summed E-state index contributed by atoms with van der Waals surface area (Å²) in [4.78, 5) is 23.5. The Morgan fingerprint density at radius 1 is 1.41 bits per heavy atom. The number of hydrogen-bond acceptors (Lipinski definition) is 4. The van der Waals surface area contributed by atoms with E-state index in [4.69, 9.17) is 5.11 Å². The van der Waals surface area contributed by atoms with Crippen molar-refractivity contribution >= 4 is 37.5 Å². The molecule has 5 nitrogen and oxygen atoms in total. The van der Waals surface area contributed by atoms with Crippen LogP contribution in [-0.2, 0) is 11.3 Å². The van der Waals surface area contributed by atoms with Crippen molar-refractivity contribution in [1.82, 2.24) is 9.78 Å². The van der Waals surface area contributed by atoms with Gasteiger partial charge in [-0.05, 0) is 30.5 Å². The van der Waals surface area contributed by atoms with Crippen molar-refractivity contribution in [2.75, 3.05) is 0 Å². The summed E-state index contributed by atoms with van der Waals surface area (Å²) < 4.78 is 2.89. The molecule has 2 aromatic heterocycles. The highest BCUT2D eigenvalue weighted by molar-refractivity contribution is 7.26. The number of nitrogens with zero attached hydrogens (tertiary/aromatic N) is 2. The van der Waals surface area contributed by atoms with E-state index in [1.165, 1.54) is 11.3 Å². The van der Waals surface area contributed by atoms with Crippen LogP contribution in [0.15, 0.2) is 23.0 Å². The van der Waals surface area contributed by atoms with Gasteiger partial charge in [-0.2, -0.15) is 5.10 Å². The Kier molecular flexibility index (Phi) is 3.48. The van der Waals surface area contributed by atoms with Gasteiger partial charge in [-0.1, -0.05) is 19.9 Å². The third kappa shape index (κ3) is 2.29. The summed E-state index contributed by atoms with van der Waals surface area (Å²) in [7, 11) is 0. The Balaban J connectivity index is 2.41. The molecule has 0 bridgehead atoms. The van der Waals surface area contributed by atoms with E-state index in [0.717, 1.165) is 25.0 Å². The van der Waals surface area contributed by atoms with Crippen LogP contribution in [0.2, 0.25) is 0 Å². The minimum Gasteiger partial charge on any atom is -0.480 e. The van der Waals surface area contributed by atoms with Crippen LogP contribution in [0.3, 0.4) is 0 Å². The summed E-state index contributed by atoms with van der Waals surface area (Å²) >= 11 is 1.53. The van der Waals surface area contributed by atoms with Crippen LogP contribution in [0.25, 0.3) is 20.2 Å². The standard InChI is InChI=1S/C16H16N2O3S/c1-8(2)10-4-5-12-11(6-10)14-15(22-12)9(3)17-18(16(14)21)7-13(19)20/h4-6,8H,7H2,1-3H3,(H,19,20). The second-order valence-electron chi connectivity index (χ2n) is 5.66. The third-order valence-electron chi connectivity index (χ3n) is 3.71. The minimum absolute atomic E-state index is 0.338. The largest absolute Gasteiger partial charge is 0.480 e. The van der Waals surface area contributed by atoms with E-state index in [9.17, 15) is 9.59 Å². The molecule has 3 aromatic rings. The molecule has 0 radical (unpaired) electrons. The Morgan fingerprint density at radius 3 is 2.77 bits per heavy atom. The van der Waals surface area contributed by atoms with E-state index in [-0.39, 0.29) is 5.56 Å². The Morgan fingerprint density at radius 2 is 2.14 bits per heavy atom. The van der Waals surface area contributed by atoms with Crippen LogP contribution in [0.5, 0.6) is 0 Å². The fourth-order valence-electron chi connectivity index (χ4n) is 2.58. The lowest BCUT2D eigenvalue weighted by atomic mass is 10.0. The number of carbonyl (C=O) groups is 1. The molecule has 0 fully saturated rings. The van der Waals surface area contributed by atoms with E-state index in [1.54, 1.807) is 6.92 Å². The zero-order chi connectivity index (χ0) is 16.0. The van der Waals surface area contributed by atoms with Crippen molar-refractivity contribution in [3.8, 4) is 0 Å². The Labute approximate surface area is 130 Å². The van der Waals surface area contributed by atoms with Crippen molar-refractivity contribution in [2.45, 2.75) is 33.2 Å². The molecule has 3 rings (SSSR count). The van der Waals surface area contributed by atoms with E-state index < -0.39 is 12.5 Å². The van der Waals surface area contributed by atoms with Crippen molar-refractivity contribution in [3.05, 3.63) is 39.8 Å². The van der Waals surface area contributed by atoms with Gasteiger partial charge in [0.05, 0.1) is 15.8 Å². The summed E-state index contributed by atoms with van der Waals surface area (Å²) in [6.07, 6.45) is 0. The number of aliphatic carboxylic acids is 1. The van der Waals surface area contributed by atoms with Gasteiger partial charge >= 0.3 is 5.97 Å². The van der Waals surface area contributed by atoms with Crippen LogP contribution >= 0.6 is 11.3 Å². The predicted molar refractivity (Wildman–Crippen MR) is 87.8 cm³/mol. The molecule has 0 amide bonds. The SMILES string of the molecule is Cc1nn(CC(=O)O)c(=O)c2c1sc1ccc(C(C)C)cc12. The highest BCUT2D eigenvalue weighted by Gasteiger charge is 2.16. The first-order valence-corrected chi connectivity index (χ1v) is 7.86. The quantitative estimate of drug-likeness (QED) is 0.806. The molecule has 1 N–H and O–H groups in total. The van der Waals surface area contributed by atoms with E-state index >= 15 is 0 Å². The van der Waals surface area contributed by atoms with Gasteiger partial charge in [-0.15, -0.1) is 11.3 Å². The molecule has 0 aliphatic heterocycles. The lowest BCUT2D eigenvalue weighted by Crippen LogP contribution is -2.27. The first-order valence-electron chi connectivity index (χ1n) is 7.04. The van der Waals surface area contributed by atoms with Crippen LogP contribution < -0.4 is 5.56 Å². The molecule has 0 aliphatic rings. The second-order valence-corrected chi connectivity index (χ2v) is 6.71. The Bertz CT molecular complexity index is 953. The Hall–Kier alpha value is -2.21. The molecule has 1 aromatic carbocycles. The van der Waals surface area contributed by atoms with Crippen LogP contribution in [0, 0.1) is 6.92 Å². The van der Waals surface area contributed by atoms with Crippen molar-refractivity contribution in [2.24, 2.45) is 0 Å². The van der Waals surface area contributed by atoms with Gasteiger partial charge in [0.15, 0.2) is 0 Å². The van der Waals surface area contributed by atoms with Crippen LogP contribution in [-0.4, -0.2) is 20.9 Å². The number of benzene rings is 1. The molecule has 0 saturated carbocycles. The molecular weight excluding hydrogens is 300 g/mol. The third-order valence-corrected chi connectivity index (χ3v) is 4.99. The number of aryl methyl sites for hydroxylation is 1. The monoisotopic (exact) mass is 316 g/mol. The van der Waals surface area contributed by atoms with Gasteiger partial charge in [0.2, 0.25) is 0 Å². The maximum absolute atomic E-state index is 12.6. The molecule has 0 aliphatic carbocycles. The molecule has 2 heterocycles. The maximum atomic E-state index is 12.6. The van der Waals surface area contributed by atoms with Crippen LogP contribution in [0.1, 0.15) is 31.0 Å². The molecular formula is C16H16N2O3S. The number of fused-ring (bicyclic) bond motifs is 3. The van der Waals surface area contributed by atoms with Crippen molar-refractivity contribution in [1.29, 1.82) is 0 Å². The molecule has 0 unspecified atom stereocenters. The minimum atomic E-state index is -1.07. The van der Waals surface area contributed by atoms with E-state index in [0.29, 0.717) is 17.0 Å². The summed E-state index contributed by atoms with van der Waals surface area (Å²) in [6.45, 7) is 5.59. The first kappa shape index (κ1) is 14.7. The van der Waals surface area contributed by atoms with Gasteiger partial charge in [0.25, 0.3) is 5.56 Å². The normalized spacial score (nSPS) is 11.6. The molecule has 0 spiro atoms. The number of rotatable bonds is 3. The zero-order valence-electron chi connectivity index (χ0n) is 12.6. The summed E-state index contributed by atoms with van der Waals surface area (Å²) in [6, 6.07) is 6.13. The van der Waals surface area contributed by atoms with Crippen molar-refractivity contribution < 1.29 is 9.90 Å². The predicted octanol–water partition coefficient (Wildman–Crippen LogP) is 3.13. The average Bonchev–Trinajstić information content (AvgIpc) is 2.83. The highest BCUT2D eigenvalue weighted by Crippen LogP contribution is 2.34. The number of hydrogen-bond donors (Lipinski definition) is 1.